The number of hydrogen-bond donors (Lipinski definition) is 2. The summed E-state index contributed by atoms with van der Waals surface area (Å²) in [5.41, 5.74) is 0.0510. The first-order valence-electron chi connectivity index (χ1n) is 9.11. The molecule has 1 saturated carbocycles. The van der Waals surface area contributed by atoms with Crippen molar-refractivity contribution in [1.29, 1.82) is 0 Å². The van der Waals surface area contributed by atoms with Gasteiger partial charge in [-0.1, -0.05) is 25.3 Å². The van der Waals surface area contributed by atoms with Crippen molar-refractivity contribution in [3.05, 3.63) is 22.4 Å². The third-order valence-electron chi connectivity index (χ3n) is 5.24. The Hall–Kier alpha value is -1.44. The van der Waals surface area contributed by atoms with Crippen molar-refractivity contribution in [1.82, 2.24) is 15.5 Å². The number of rotatable bonds is 6. The summed E-state index contributed by atoms with van der Waals surface area (Å²) < 4.78 is 5.49. The Balaban J connectivity index is 1.50. The number of nitrogens with one attached hydrogen (secondary N) is 2. The molecule has 2 heterocycles. The Kier molecular flexibility index (Phi) is 6.45. The summed E-state index contributed by atoms with van der Waals surface area (Å²) in [5.74, 6) is -0.311. The van der Waals surface area contributed by atoms with E-state index in [0.29, 0.717) is 11.4 Å². The van der Waals surface area contributed by atoms with Crippen molar-refractivity contribution in [2.24, 2.45) is 0 Å². The van der Waals surface area contributed by atoms with E-state index in [1.165, 1.54) is 30.6 Å². The van der Waals surface area contributed by atoms with E-state index in [-0.39, 0.29) is 23.9 Å². The number of carbonyl (C=O) groups is 2. The molecular weight excluding hydrogens is 338 g/mol. The fraction of sp³-hybridized carbons (Fsp3) is 0.667. The van der Waals surface area contributed by atoms with E-state index in [2.05, 4.69) is 15.5 Å². The highest BCUT2D eigenvalue weighted by atomic mass is 32.1. The molecule has 2 fully saturated rings. The van der Waals surface area contributed by atoms with Crippen LogP contribution in [0, 0.1) is 0 Å². The Labute approximate surface area is 152 Å². The smallest absolute Gasteiger partial charge is 0.261 e. The van der Waals surface area contributed by atoms with E-state index < -0.39 is 0 Å². The zero-order chi connectivity index (χ0) is 17.5. The maximum atomic E-state index is 12.2. The largest absolute Gasteiger partial charge is 0.379 e. The maximum Gasteiger partial charge on any atom is 0.261 e. The molecule has 3 rings (SSSR count). The number of amides is 2. The molecule has 0 radical (unpaired) electrons. The lowest BCUT2D eigenvalue weighted by atomic mass is 9.79. The fourth-order valence-corrected chi connectivity index (χ4v) is 4.47. The van der Waals surface area contributed by atoms with Crippen LogP contribution in [0.25, 0.3) is 0 Å². The van der Waals surface area contributed by atoms with Gasteiger partial charge >= 0.3 is 0 Å². The lowest BCUT2D eigenvalue weighted by Gasteiger charge is -2.48. The van der Waals surface area contributed by atoms with Gasteiger partial charge in [0.05, 0.1) is 24.6 Å². The normalized spacial score (nSPS) is 20.8. The summed E-state index contributed by atoms with van der Waals surface area (Å²) in [6, 6.07) is 3.59. The number of thiophene rings is 1. The van der Waals surface area contributed by atoms with Crippen molar-refractivity contribution < 1.29 is 14.3 Å². The minimum atomic E-state index is -0.189. The van der Waals surface area contributed by atoms with E-state index >= 15 is 0 Å². The molecule has 1 aromatic heterocycles. The molecular formula is C18H27N3O3S. The molecule has 0 spiro atoms. The van der Waals surface area contributed by atoms with Gasteiger partial charge < -0.3 is 15.4 Å². The quantitative estimate of drug-likeness (QED) is 0.804. The standard InChI is InChI=1S/C18H27N3O3S/c22-16(13-19-17(23)15-5-4-12-25-15)20-14-18(6-2-1-3-7-18)21-8-10-24-11-9-21/h4-5,12H,1-3,6-11,13-14H2,(H,19,23)(H,20,22). The highest BCUT2D eigenvalue weighted by Gasteiger charge is 2.38. The molecule has 2 N–H and O–H groups in total. The van der Waals surface area contributed by atoms with Gasteiger partial charge in [-0.2, -0.15) is 0 Å². The van der Waals surface area contributed by atoms with E-state index in [1.807, 2.05) is 11.4 Å². The van der Waals surface area contributed by atoms with Gasteiger partial charge in [0.25, 0.3) is 5.91 Å². The molecule has 0 unspecified atom stereocenters. The van der Waals surface area contributed by atoms with Gasteiger partial charge in [-0.15, -0.1) is 11.3 Å². The number of hydrogen-bond acceptors (Lipinski definition) is 5. The lowest BCUT2D eigenvalue weighted by molar-refractivity contribution is -0.121. The average Bonchev–Trinajstić information content (AvgIpc) is 3.21. The van der Waals surface area contributed by atoms with Crippen molar-refractivity contribution in [3.8, 4) is 0 Å². The molecule has 0 atom stereocenters. The highest BCUT2D eigenvalue weighted by molar-refractivity contribution is 7.12. The first kappa shape index (κ1) is 18.4. The first-order valence-corrected chi connectivity index (χ1v) is 9.99. The summed E-state index contributed by atoms with van der Waals surface area (Å²) in [5, 5.41) is 7.60. The Morgan fingerprint density at radius 1 is 1.16 bits per heavy atom. The Morgan fingerprint density at radius 3 is 2.60 bits per heavy atom. The van der Waals surface area contributed by atoms with E-state index in [9.17, 15) is 9.59 Å². The number of morpholine rings is 1. The molecule has 0 bridgehead atoms. The van der Waals surface area contributed by atoms with Gasteiger partial charge in [-0.25, -0.2) is 0 Å². The zero-order valence-corrected chi connectivity index (χ0v) is 15.4. The summed E-state index contributed by atoms with van der Waals surface area (Å²) in [7, 11) is 0. The summed E-state index contributed by atoms with van der Waals surface area (Å²) in [6.07, 6.45) is 5.94. The van der Waals surface area contributed by atoms with Gasteiger partial charge in [0.1, 0.15) is 0 Å². The zero-order valence-electron chi connectivity index (χ0n) is 14.6. The second kappa shape index (κ2) is 8.78. The molecule has 1 aliphatic carbocycles. The van der Waals surface area contributed by atoms with Gasteiger partial charge in [-0.3, -0.25) is 14.5 Å². The summed E-state index contributed by atoms with van der Waals surface area (Å²) in [4.78, 5) is 27.3. The monoisotopic (exact) mass is 365 g/mol. The molecule has 1 aliphatic heterocycles. The third-order valence-corrected chi connectivity index (χ3v) is 6.10. The summed E-state index contributed by atoms with van der Waals surface area (Å²) in [6.45, 7) is 4.09. The Bertz CT molecular complexity index is 564. The second-order valence-electron chi connectivity index (χ2n) is 6.82. The summed E-state index contributed by atoms with van der Waals surface area (Å²) >= 11 is 1.37. The number of ether oxygens (including phenoxy) is 1. The molecule has 138 valence electrons. The van der Waals surface area contributed by atoms with Crippen molar-refractivity contribution in [2.45, 2.75) is 37.6 Å². The van der Waals surface area contributed by atoms with Gasteiger partial charge in [0.15, 0.2) is 0 Å². The Morgan fingerprint density at radius 2 is 1.92 bits per heavy atom. The van der Waals surface area contributed by atoms with E-state index in [0.717, 1.165) is 39.1 Å². The third kappa shape index (κ3) is 4.80. The topological polar surface area (TPSA) is 70.7 Å². The maximum absolute atomic E-state index is 12.2. The number of carbonyl (C=O) groups excluding carboxylic acids is 2. The predicted octanol–water partition coefficient (Wildman–Crippen LogP) is 1.63. The van der Waals surface area contributed by atoms with Crippen molar-refractivity contribution >= 4 is 23.2 Å². The average molecular weight is 365 g/mol. The molecule has 1 saturated heterocycles. The minimum Gasteiger partial charge on any atom is -0.379 e. The van der Waals surface area contributed by atoms with Crippen LogP contribution < -0.4 is 10.6 Å². The van der Waals surface area contributed by atoms with Crippen LogP contribution in [0.4, 0.5) is 0 Å². The van der Waals surface area contributed by atoms with Crippen LogP contribution in [-0.4, -0.2) is 61.6 Å². The SMILES string of the molecule is O=C(CNC(=O)c1cccs1)NCC1(N2CCOCC2)CCCCC1. The minimum absolute atomic E-state index is 0.0237. The van der Waals surface area contributed by atoms with E-state index in [1.54, 1.807) is 6.07 Å². The molecule has 6 nitrogen and oxygen atoms in total. The molecule has 1 aromatic rings. The van der Waals surface area contributed by atoms with Crippen molar-refractivity contribution in [2.75, 3.05) is 39.4 Å². The van der Waals surface area contributed by atoms with Crippen LogP contribution in [-0.2, 0) is 9.53 Å². The molecule has 0 aromatic carbocycles. The van der Waals surface area contributed by atoms with Gasteiger partial charge in [0, 0.05) is 25.2 Å². The lowest BCUT2D eigenvalue weighted by Crippen LogP contribution is -2.60. The van der Waals surface area contributed by atoms with E-state index in [4.69, 9.17) is 4.74 Å². The number of nitrogens with zero attached hydrogens (tertiary/aromatic N) is 1. The van der Waals surface area contributed by atoms with Gasteiger partial charge in [-0.05, 0) is 24.3 Å². The van der Waals surface area contributed by atoms with Crippen LogP contribution in [0.3, 0.4) is 0 Å². The fourth-order valence-electron chi connectivity index (χ4n) is 3.83. The predicted molar refractivity (Wildman–Crippen MR) is 97.9 cm³/mol. The van der Waals surface area contributed by atoms with Crippen LogP contribution >= 0.6 is 11.3 Å². The highest BCUT2D eigenvalue weighted by Crippen LogP contribution is 2.33. The molecule has 2 amide bonds. The van der Waals surface area contributed by atoms with Gasteiger partial charge in [0.2, 0.25) is 5.91 Å². The molecule has 25 heavy (non-hydrogen) atoms. The van der Waals surface area contributed by atoms with Crippen LogP contribution in [0.5, 0.6) is 0 Å². The second-order valence-corrected chi connectivity index (χ2v) is 7.77. The van der Waals surface area contributed by atoms with Crippen LogP contribution in [0.1, 0.15) is 41.8 Å². The molecule has 7 heteroatoms. The van der Waals surface area contributed by atoms with Crippen molar-refractivity contribution in [3.63, 3.8) is 0 Å². The van der Waals surface area contributed by atoms with Crippen LogP contribution in [0.2, 0.25) is 0 Å². The van der Waals surface area contributed by atoms with Crippen LogP contribution in [0.15, 0.2) is 17.5 Å². The first-order chi connectivity index (χ1) is 12.2. The molecule has 2 aliphatic rings.